The molecule has 0 aromatic carbocycles. The number of carbonyl (C=O) groups is 2. The number of hydrogen-bond acceptors (Lipinski definition) is 5. The van der Waals surface area contributed by atoms with Crippen molar-refractivity contribution in [3.63, 3.8) is 0 Å². The third-order valence-electron chi connectivity index (χ3n) is 15.5. The Bertz CT molecular complexity index is 1140. The molecule has 0 saturated heterocycles. The van der Waals surface area contributed by atoms with Crippen LogP contribution >= 0.6 is 0 Å². The molecule has 6 nitrogen and oxygen atoms in total. The molecular formula is C67H129NO5. The molecule has 432 valence electrons. The normalized spacial score (nSPS) is 12.7. The fraction of sp³-hybridized carbons (Fsp3) is 0.910. The molecule has 0 radical (unpaired) electrons. The van der Waals surface area contributed by atoms with E-state index in [4.69, 9.17) is 4.74 Å². The van der Waals surface area contributed by atoms with E-state index in [1.165, 1.54) is 295 Å². The Morgan fingerprint density at radius 2 is 0.644 bits per heavy atom. The molecule has 0 aliphatic rings. The Morgan fingerprint density at radius 1 is 0.370 bits per heavy atom. The number of esters is 1. The first-order valence-electron chi connectivity index (χ1n) is 33.1. The van der Waals surface area contributed by atoms with Crippen molar-refractivity contribution in [2.75, 3.05) is 13.2 Å². The molecule has 0 aliphatic heterocycles. The summed E-state index contributed by atoms with van der Waals surface area (Å²) in [6, 6.07) is -0.627. The van der Waals surface area contributed by atoms with E-state index < -0.39 is 12.1 Å². The van der Waals surface area contributed by atoms with Crippen LogP contribution in [0.4, 0.5) is 0 Å². The van der Waals surface area contributed by atoms with Gasteiger partial charge in [0.05, 0.1) is 25.4 Å². The number of rotatable bonds is 62. The summed E-state index contributed by atoms with van der Waals surface area (Å²) in [5.74, 6) is -0.0581. The predicted octanol–water partition coefficient (Wildman–Crippen LogP) is 21.0. The topological polar surface area (TPSA) is 95.9 Å². The zero-order valence-electron chi connectivity index (χ0n) is 49.4. The SMILES string of the molecule is CCCCC/C=C\CCCCCCCC(=O)OCCCCCCCCCCCCCCCCCCCCCCCCCCC(=O)NC(CO)C(O)/C=C/CCCCCCCCCCCCCCCCCCCC. The highest BCUT2D eigenvalue weighted by Gasteiger charge is 2.18. The van der Waals surface area contributed by atoms with E-state index in [9.17, 15) is 19.8 Å². The standard InChI is InChI=1S/C67H129NO5/c1-3-5-7-9-11-13-15-17-18-19-20-27-30-33-36-39-43-47-51-55-59-65(70)64(63-69)68-66(71)60-56-52-48-44-40-37-34-31-28-25-23-21-22-24-26-29-32-35-38-42-46-50-54-58-62-73-67(72)61-57-53-49-45-41-16-14-12-10-8-6-4-2/h12,14,55,59,64-65,69-70H,3-11,13,15-54,56-58,60-63H2,1-2H3,(H,68,71)/b14-12-,59-55+. The van der Waals surface area contributed by atoms with E-state index in [-0.39, 0.29) is 18.5 Å². The number of ether oxygens (including phenoxy) is 1. The second-order valence-electron chi connectivity index (χ2n) is 22.8. The number of allylic oxidation sites excluding steroid dienone is 3. The lowest BCUT2D eigenvalue weighted by molar-refractivity contribution is -0.143. The van der Waals surface area contributed by atoms with Crippen molar-refractivity contribution in [3.8, 4) is 0 Å². The zero-order valence-corrected chi connectivity index (χ0v) is 49.4. The summed E-state index contributed by atoms with van der Waals surface area (Å²) in [5, 5.41) is 23.2. The number of nitrogens with one attached hydrogen (secondary N) is 1. The molecule has 1 amide bonds. The lowest BCUT2D eigenvalue weighted by Crippen LogP contribution is -2.45. The Labute approximate surface area is 456 Å². The van der Waals surface area contributed by atoms with Crippen molar-refractivity contribution < 1.29 is 24.5 Å². The molecule has 0 aromatic heterocycles. The highest BCUT2D eigenvalue weighted by Crippen LogP contribution is 2.18. The summed E-state index contributed by atoms with van der Waals surface area (Å²) in [6.07, 6.45) is 78.1. The minimum absolute atomic E-state index is 0.00535. The van der Waals surface area contributed by atoms with E-state index in [0.717, 1.165) is 44.9 Å². The van der Waals surface area contributed by atoms with Gasteiger partial charge in [0.1, 0.15) is 0 Å². The van der Waals surface area contributed by atoms with Gasteiger partial charge in [-0.2, -0.15) is 0 Å². The van der Waals surface area contributed by atoms with Crippen LogP contribution in [-0.4, -0.2) is 47.4 Å². The molecule has 0 heterocycles. The van der Waals surface area contributed by atoms with Gasteiger partial charge in [0.25, 0.3) is 0 Å². The van der Waals surface area contributed by atoms with Crippen LogP contribution in [0, 0.1) is 0 Å². The van der Waals surface area contributed by atoms with Crippen LogP contribution in [0.25, 0.3) is 0 Å². The lowest BCUT2D eigenvalue weighted by atomic mass is 10.0. The summed E-state index contributed by atoms with van der Waals surface area (Å²) >= 11 is 0. The van der Waals surface area contributed by atoms with Crippen LogP contribution < -0.4 is 5.32 Å². The van der Waals surface area contributed by atoms with Gasteiger partial charge in [-0.3, -0.25) is 9.59 Å². The number of amides is 1. The smallest absolute Gasteiger partial charge is 0.305 e. The van der Waals surface area contributed by atoms with Crippen molar-refractivity contribution in [1.82, 2.24) is 5.32 Å². The average Bonchev–Trinajstić information content (AvgIpc) is 3.39. The first kappa shape index (κ1) is 71.3. The maximum Gasteiger partial charge on any atom is 0.305 e. The third kappa shape index (κ3) is 59.4. The maximum atomic E-state index is 12.5. The predicted molar refractivity (Wildman–Crippen MR) is 320 cm³/mol. The number of hydrogen-bond donors (Lipinski definition) is 3. The monoisotopic (exact) mass is 1030 g/mol. The van der Waals surface area contributed by atoms with Crippen molar-refractivity contribution in [2.24, 2.45) is 0 Å². The summed E-state index contributed by atoms with van der Waals surface area (Å²) in [5.41, 5.74) is 0. The molecule has 2 atom stereocenters. The zero-order chi connectivity index (χ0) is 52.9. The van der Waals surface area contributed by atoms with Gasteiger partial charge in [-0.1, -0.05) is 321 Å². The van der Waals surface area contributed by atoms with E-state index in [0.29, 0.717) is 19.4 Å². The van der Waals surface area contributed by atoms with Gasteiger partial charge in [-0.25, -0.2) is 0 Å². The van der Waals surface area contributed by atoms with Gasteiger partial charge in [0, 0.05) is 12.8 Å². The Hall–Kier alpha value is -1.66. The van der Waals surface area contributed by atoms with Crippen molar-refractivity contribution in [3.05, 3.63) is 24.3 Å². The molecule has 0 fully saturated rings. The molecule has 6 heteroatoms. The fourth-order valence-electron chi connectivity index (χ4n) is 10.4. The van der Waals surface area contributed by atoms with Crippen molar-refractivity contribution in [1.29, 1.82) is 0 Å². The van der Waals surface area contributed by atoms with Crippen molar-refractivity contribution >= 4 is 11.9 Å². The average molecular weight is 1030 g/mol. The molecule has 0 aromatic rings. The molecule has 0 aliphatic carbocycles. The van der Waals surface area contributed by atoms with E-state index in [1.54, 1.807) is 6.08 Å². The van der Waals surface area contributed by atoms with Gasteiger partial charge in [-0.15, -0.1) is 0 Å². The van der Waals surface area contributed by atoms with Gasteiger partial charge >= 0.3 is 5.97 Å². The Morgan fingerprint density at radius 3 is 1.00 bits per heavy atom. The minimum atomic E-state index is -0.844. The molecule has 0 spiro atoms. The van der Waals surface area contributed by atoms with E-state index in [2.05, 4.69) is 31.3 Å². The van der Waals surface area contributed by atoms with Crippen LogP contribution in [0.3, 0.4) is 0 Å². The molecule has 73 heavy (non-hydrogen) atoms. The molecule has 2 unspecified atom stereocenters. The minimum Gasteiger partial charge on any atom is -0.466 e. The van der Waals surface area contributed by atoms with Crippen LogP contribution in [0.15, 0.2) is 24.3 Å². The van der Waals surface area contributed by atoms with Crippen molar-refractivity contribution in [2.45, 2.75) is 379 Å². The van der Waals surface area contributed by atoms with Crippen LogP contribution in [0.2, 0.25) is 0 Å². The molecule has 0 bridgehead atoms. The van der Waals surface area contributed by atoms with Gasteiger partial charge < -0.3 is 20.3 Å². The number of unbranched alkanes of at least 4 members (excludes halogenated alkanes) is 49. The first-order valence-corrected chi connectivity index (χ1v) is 33.1. The van der Waals surface area contributed by atoms with Crippen LogP contribution in [0.5, 0.6) is 0 Å². The van der Waals surface area contributed by atoms with Gasteiger partial charge in [0.2, 0.25) is 5.91 Å². The largest absolute Gasteiger partial charge is 0.466 e. The summed E-state index contributed by atoms with van der Waals surface area (Å²) in [7, 11) is 0. The van der Waals surface area contributed by atoms with E-state index in [1.807, 2.05) is 6.08 Å². The van der Waals surface area contributed by atoms with Gasteiger partial charge in [0.15, 0.2) is 0 Å². The lowest BCUT2D eigenvalue weighted by Gasteiger charge is -2.20. The summed E-state index contributed by atoms with van der Waals surface area (Å²) < 4.78 is 5.47. The van der Waals surface area contributed by atoms with E-state index >= 15 is 0 Å². The molecule has 0 saturated carbocycles. The molecule has 0 rings (SSSR count). The number of carbonyl (C=O) groups excluding carboxylic acids is 2. The molecule has 3 N–H and O–H groups in total. The van der Waals surface area contributed by atoms with Crippen LogP contribution in [-0.2, 0) is 14.3 Å². The highest BCUT2D eigenvalue weighted by atomic mass is 16.5. The number of aliphatic hydroxyl groups excluding tert-OH is 2. The second-order valence-corrected chi connectivity index (χ2v) is 22.8. The highest BCUT2D eigenvalue weighted by molar-refractivity contribution is 5.76. The first-order chi connectivity index (χ1) is 36.0. The Kier molecular flexibility index (Phi) is 61.4. The number of aliphatic hydroxyl groups is 2. The summed E-state index contributed by atoms with van der Waals surface area (Å²) in [6.45, 7) is 4.91. The quantitative estimate of drug-likeness (QED) is 0.0320. The van der Waals surface area contributed by atoms with Gasteiger partial charge in [-0.05, 0) is 57.8 Å². The second kappa shape index (κ2) is 62.9. The fourth-order valence-corrected chi connectivity index (χ4v) is 10.4. The third-order valence-corrected chi connectivity index (χ3v) is 15.5. The maximum absolute atomic E-state index is 12.5. The summed E-state index contributed by atoms with van der Waals surface area (Å²) in [4.78, 5) is 24.5. The van der Waals surface area contributed by atoms with Crippen LogP contribution in [0.1, 0.15) is 367 Å². The Balaban J connectivity index is 3.40. The molecular weight excluding hydrogens is 899 g/mol.